The maximum Gasteiger partial charge on any atom is 0.339 e. The fourth-order valence-corrected chi connectivity index (χ4v) is 1.45. The number of methoxy groups -OCH3 is 1. The Hall–Kier alpha value is -2.26. The largest absolute Gasteiger partial charge is 0.504 e. The zero-order valence-corrected chi connectivity index (χ0v) is 10.0. The minimum absolute atomic E-state index is 0.00249. The summed E-state index contributed by atoms with van der Waals surface area (Å²) < 4.78 is 9.48. The smallest absolute Gasteiger partial charge is 0.339 e. The van der Waals surface area contributed by atoms with Gasteiger partial charge in [0.05, 0.1) is 19.3 Å². The maximum absolute atomic E-state index is 11.3. The molecule has 1 aromatic carbocycles. The van der Waals surface area contributed by atoms with Gasteiger partial charge in [0, 0.05) is 0 Å². The summed E-state index contributed by atoms with van der Waals surface area (Å²) in [6, 6.07) is 4.22. The van der Waals surface area contributed by atoms with Crippen molar-refractivity contribution in [1.82, 2.24) is 0 Å². The summed E-state index contributed by atoms with van der Waals surface area (Å²) in [6.07, 6.45) is -1.55. The third-order valence-electron chi connectivity index (χ3n) is 2.24. The van der Waals surface area contributed by atoms with Crippen molar-refractivity contribution in [3.05, 3.63) is 23.3 Å². The highest BCUT2D eigenvalue weighted by Gasteiger charge is 2.22. The van der Waals surface area contributed by atoms with Gasteiger partial charge in [-0.1, -0.05) is 0 Å². The number of esters is 1. The summed E-state index contributed by atoms with van der Waals surface area (Å²) in [5.41, 5.74) is 0.0964. The van der Waals surface area contributed by atoms with E-state index in [-0.39, 0.29) is 29.2 Å². The lowest BCUT2D eigenvalue weighted by atomic mass is 10.0. The van der Waals surface area contributed by atoms with E-state index >= 15 is 0 Å². The predicted molar refractivity (Wildman–Crippen MR) is 61.0 cm³/mol. The van der Waals surface area contributed by atoms with Crippen molar-refractivity contribution in [2.75, 3.05) is 13.7 Å². The molecule has 1 rings (SSSR count). The molecule has 2 N–H and O–H groups in total. The summed E-state index contributed by atoms with van der Waals surface area (Å²) in [4.78, 5) is 11.3. The molecule has 0 amide bonds. The van der Waals surface area contributed by atoms with E-state index in [9.17, 15) is 15.0 Å². The second-order valence-corrected chi connectivity index (χ2v) is 3.39. The SMILES string of the molecule is CCOC(=O)C(O)c1cc(O)c(OC)c(C#N)c1. The predicted octanol–water partition coefficient (Wildman–Crippen LogP) is 0.869. The van der Waals surface area contributed by atoms with Crippen LogP contribution < -0.4 is 4.74 Å². The minimum Gasteiger partial charge on any atom is -0.504 e. The molecule has 0 heterocycles. The van der Waals surface area contributed by atoms with Crippen LogP contribution in [0.2, 0.25) is 0 Å². The zero-order chi connectivity index (χ0) is 13.7. The van der Waals surface area contributed by atoms with Gasteiger partial charge in [-0.3, -0.25) is 0 Å². The van der Waals surface area contributed by atoms with Crippen LogP contribution in [0.5, 0.6) is 11.5 Å². The first kappa shape index (κ1) is 13.8. The van der Waals surface area contributed by atoms with Crippen molar-refractivity contribution < 1.29 is 24.5 Å². The Morgan fingerprint density at radius 2 is 2.22 bits per heavy atom. The average Bonchev–Trinajstić information content (AvgIpc) is 2.36. The highest BCUT2D eigenvalue weighted by atomic mass is 16.5. The lowest BCUT2D eigenvalue weighted by molar-refractivity contribution is -0.153. The lowest BCUT2D eigenvalue weighted by Crippen LogP contribution is -2.15. The van der Waals surface area contributed by atoms with Crippen LogP contribution in [0.4, 0.5) is 0 Å². The van der Waals surface area contributed by atoms with Crippen LogP contribution in [0.1, 0.15) is 24.2 Å². The number of aromatic hydroxyl groups is 1. The molecule has 0 spiro atoms. The van der Waals surface area contributed by atoms with Gasteiger partial charge in [-0.25, -0.2) is 4.79 Å². The van der Waals surface area contributed by atoms with E-state index in [1.807, 2.05) is 0 Å². The third-order valence-corrected chi connectivity index (χ3v) is 2.24. The fourth-order valence-electron chi connectivity index (χ4n) is 1.45. The van der Waals surface area contributed by atoms with E-state index in [0.29, 0.717) is 0 Å². The Labute approximate surface area is 104 Å². The van der Waals surface area contributed by atoms with Gasteiger partial charge in [0.15, 0.2) is 17.6 Å². The van der Waals surface area contributed by atoms with E-state index in [0.717, 1.165) is 6.07 Å². The van der Waals surface area contributed by atoms with Gasteiger partial charge in [-0.2, -0.15) is 5.26 Å². The molecule has 0 radical (unpaired) electrons. The number of rotatable bonds is 4. The molecular formula is C12H13NO5. The first-order valence-electron chi connectivity index (χ1n) is 5.20. The number of phenolic OH excluding ortho intramolecular Hbond substituents is 1. The number of carbonyl (C=O) groups excluding carboxylic acids is 1. The first-order chi connectivity index (χ1) is 8.54. The van der Waals surface area contributed by atoms with Crippen LogP contribution in [-0.2, 0) is 9.53 Å². The average molecular weight is 251 g/mol. The summed E-state index contributed by atoms with van der Waals surface area (Å²) in [7, 11) is 1.30. The Kier molecular flexibility index (Phi) is 4.52. The number of benzene rings is 1. The number of aliphatic hydroxyl groups excluding tert-OH is 1. The van der Waals surface area contributed by atoms with Crippen molar-refractivity contribution in [2.45, 2.75) is 13.0 Å². The molecule has 0 bridgehead atoms. The highest BCUT2D eigenvalue weighted by molar-refractivity contribution is 5.77. The van der Waals surface area contributed by atoms with E-state index in [1.165, 1.54) is 13.2 Å². The van der Waals surface area contributed by atoms with E-state index in [2.05, 4.69) is 4.74 Å². The number of nitrogens with zero attached hydrogens (tertiary/aromatic N) is 1. The number of hydrogen-bond donors (Lipinski definition) is 2. The van der Waals surface area contributed by atoms with E-state index in [4.69, 9.17) is 10.00 Å². The van der Waals surface area contributed by atoms with Crippen LogP contribution in [0.3, 0.4) is 0 Å². The topological polar surface area (TPSA) is 99.8 Å². The van der Waals surface area contributed by atoms with Crippen LogP contribution in [0.15, 0.2) is 12.1 Å². The lowest BCUT2D eigenvalue weighted by Gasteiger charge is -2.12. The molecule has 1 atom stereocenters. The van der Waals surface area contributed by atoms with Gasteiger partial charge in [0.25, 0.3) is 0 Å². The number of phenols is 1. The number of nitriles is 1. The molecule has 0 aliphatic rings. The van der Waals surface area contributed by atoms with Crippen molar-refractivity contribution in [3.63, 3.8) is 0 Å². The third kappa shape index (κ3) is 2.70. The van der Waals surface area contributed by atoms with Crippen molar-refractivity contribution in [2.24, 2.45) is 0 Å². The Bertz CT molecular complexity index is 492. The van der Waals surface area contributed by atoms with E-state index < -0.39 is 12.1 Å². The first-order valence-corrected chi connectivity index (χ1v) is 5.20. The van der Waals surface area contributed by atoms with Crippen LogP contribution in [0, 0.1) is 11.3 Å². The molecule has 0 fully saturated rings. The summed E-state index contributed by atoms with van der Waals surface area (Å²) in [5.74, 6) is -1.17. The second-order valence-electron chi connectivity index (χ2n) is 3.39. The van der Waals surface area contributed by atoms with Gasteiger partial charge < -0.3 is 19.7 Å². The molecule has 1 aromatic rings. The van der Waals surface area contributed by atoms with Crippen LogP contribution in [0.25, 0.3) is 0 Å². The Morgan fingerprint density at radius 3 is 2.72 bits per heavy atom. The molecule has 0 saturated carbocycles. The summed E-state index contributed by atoms with van der Waals surface area (Å²) in [5, 5.41) is 28.2. The molecule has 0 aliphatic heterocycles. The standard InChI is InChI=1S/C12H13NO5/c1-3-18-12(16)10(15)7-4-8(6-13)11(17-2)9(14)5-7/h4-5,10,14-15H,3H2,1-2H3. The quantitative estimate of drug-likeness (QED) is 0.770. The van der Waals surface area contributed by atoms with Crippen LogP contribution in [-0.4, -0.2) is 29.9 Å². The van der Waals surface area contributed by atoms with E-state index in [1.54, 1.807) is 13.0 Å². The van der Waals surface area contributed by atoms with Gasteiger partial charge in [0.1, 0.15) is 6.07 Å². The number of hydrogen-bond acceptors (Lipinski definition) is 6. The maximum atomic E-state index is 11.3. The fraction of sp³-hybridized carbons (Fsp3) is 0.333. The van der Waals surface area contributed by atoms with Gasteiger partial charge in [0.2, 0.25) is 0 Å². The molecule has 0 saturated heterocycles. The summed E-state index contributed by atoms with van der Waals surface area (Å²) in [6.45, 7) is 1.74. The molecule has 18 heavy (non-hydrogen) atoms. The number of aliphatic hydroxyl groups is 1. The van der Waals surface area contributed by atoms with Crippen molar-refractivity contribution in [3.8, 4) is 17.6 Å². The Morgan fingerprint density at radius 1 is 1.56 bits per heavy atom. The minimum atomic E-state index is -1.55. The second kappa shape index (κ2) is 5.89. The monoisotopic (exact) mass is 251 g/mol. The van der Waals surface area contributed by atoms with Crippen LogP contribution >= 0.6 is 0 Å². The molecule has 1 unspecified atom stereocenters. The molecular weight excluding hydrogens is 238 g/mol. The highest BCUT2D eigenvalue weighted by Crippen LogP contribution is 2.33. The summed E-state index contributed by atoms with van der Waals surface area (Å²) >= 11 is 0. The van der Waals surface area contributed by atoms with Crippen molar-refractivity contribution in [1.29, 1.82) is 5.26 Å². The molecule has 0 aromatic heterocycles. The van der Waals surface area contributed by atoms with Gasteiger partial charge >= 0.3 is 5.97 Å². The molecule has 6 heteroatoms. The number of carbonyl (C=O) groups is 1. The normalized spacial score (nSPS) is 11.4. The van der Waals surface area contributed by atoms with Gasteiger partial charge in [-0.05, 0) is 24.6 Å². The van der Waals surface area contributed by atoms with Gasteiger partial charge in [-0.15, -0.1) is 0 Å². The molecule has 6 nitrogen and oxygen atoms in total. The van der Waals surface area contributed by atoms with Crippen molar-refractivity contribution >= 4 is 5.97 Å². The number of ether oxygens (including phenoxy) is 2. The molecule has 0 aliphatic carbocycles. The Balaban J connectivity index is 3.16. The molecule has 96 valence electrons. The zero-order valence-electron chi connectivity index (χ0n) is 10.0.